The number of aryl methyl sites for hydroxylation is 1. The van der Waals surface area contributed by atoms with Crippen LogP contribution in [0.1, 0.15) is 18.1 Å². The van der Waals surface area contributed by atoms with Gasteiger partial charge in [-0.3, -0.25) is 4.79 Å². The molecular weight excluding hydrogens is 445 g/mol. The molecule has 1 atom stereocenters. The van der Waals surface area contributed by atoms with Gasteiger partial charge in [-0.15, -0.1) is 0 Å². The molecule has 35 heavy (non-hydrogen) atoms. The van der Waals surface area contributed by atoms with E-state index in [1.807, 2.05) is 55.3 Å². The molecule has 0 amide bonds. The predicted molar refractivity (Wildman–Crippen MR) is 136 cm³/mol. The number of anilines is 3. The number of hydrogen-bond acceptors (Lipinski definition) is 6. The minimum atomic E-state index is -0.412. The fourth-order valence-electron chi connectivity index (χ4n) is 3.94. The number of rotatable bonds is 8. The molecule has 2 heterocycles. The van der Waals surface area contributed by atoms with Gasteiger partial charge in [-0.05, 0) is 42.7 Å². The average Bonchev–Trinajstić information content (AvgIpc) is 2.87. The zero-order valence-corrected chi connectivity index (χ0v) is 19.9. The largest absolute Gasteiger partial charge is 0.392 e. The molecule has 0 radical (unpaired) electrons. The van der Waals surface area contributed by atoms with Crippen molar-refractivity contribution < 1.29 is 9.50 Å². The SMILES string of the molecule is CC(Cc1ccc(F)c(CO)c1)Nc1nccc(N(C)c2cc(-c3ccccc3)c(=O)n(C)c2)n1. The van der Waals surface area contributed by atoms with E-state index in [2.05, 4.69) is 15.3 Å². The van der Waals surface area contributed by atoms with E-state index in [0.29, 0.717) is 23.8 Å². The maximum atomic E-state index is 13.7. The van der Waals surface area contributed by atoms with Crippen molar-refractivity contribution in [3.63, 3.8) is 0 Å². The predicted octanol–water partition coefficient (Wildman–Crippen LogP) is 4.28. The summed E-state index contributed by atoms with van der Waals surface area (Å²) >= 11 is 0. The van der Waals surface area contributed by atoms with E-state index >= 15 is 0 Å². The van der Waals surface area contributed by atoms with Gasteiger partial charge in [-0.2, -0.15) is 4.98 Å². The number of pyridine rings is 1. The molecule has 0 bridgehead atoms. The topological polar surface area (TPSA) is 83.3 Å². The highest BCUT2D eigenvalue weighted by molar-refractivity contribution is 5.70. The fourth-order valence-corrected chi connectivity index (χ4v) is 3.94. The molecule has 0 spiro atoms. The number of hydrogen-bond donors (Lipinski definition) is 2. The van der Waals surface area contributed by atoms with E-state index < -0.39 is 5.82 Å². The van der Waals surface area contributed by atoms with Crippen molar-refractivity contribution in [1.29, 1.82) is 0 Å². The van der Waals surface area contributed by atoms with E-state index in [-0.39, 0.29) is 23.8 Å². The summed E-state index contributed by atoms with van der Waals surface area (Å²) < 4.78 is 15.2. The second-order valence-electron chi connectivity index (χ2n) is 8.52. The highest BCUT2D eigenvalue weighted by Gasteiger charge is 2.14. The lowest BCUT2D eigenvalue weighted by atomic mass is 10.0. The third kappa shape index (κ3) is 5.55. The van der Waals surface area contributed by atoms with Crippen molar-refractivity contribution in [2.24, 2.45) is 7.05 Å². The lowest BCUT2D eigenvalue weighted by molar-refractivity contribution is 0.275. The molecule has 0 aliphatic rings. The quantitative estimate of drug-likeness (QED) is 0.397. The molecule has 2 aromatic heterocycles. The van der Waals surface area contributed by atoms with Crippen LogP contribution >= 0.6 is 0 Å². The van der Waals surface area contributed by atoms with Crippen LogP contribution in [0.2, 0.25) is 0 Å². The number of aliphatic hydroxyl groups excluding tert-OH is 1. The van der Waals surface area contributed by atoms with Crippen LogP contribution < -0.4 is 15.8 Å². The summed E-state index contributed by atoms with van der Waals surface area (Å²) in [5.74, 6) is 0.709. The molecule has 0 aliphatic heterocycles. The number of benzene rings is 2. The fraction of sp³-hybridized carbons (Fsp3) is 0.222. The van der Waals surface area contributed by atoms with E-state index in [9.17, 15) is 14.3 Å². The van der Waals surface area contributed by atoms with Crippen LogP contribution in [0.5, 0.6) is 0 Å². The standard InChI is InChI=1S/C27H28FN5O2/c1-18(13-19-9-10-24(28)21(14-19)17-34)30-27-29-12-11-25(31-27)33(3)22-15-23(26(35)32(2)16-22)20-7-5-4-6-8-20/h4-12,14-16,18,34H,13,17H2,1-3H3,(H,29,30,31). The first-order chi connectivity index (χ1) is 16.9. The summed E-state index contributed by atoms with van der Waals surface area (Å²) in [5.41, 5.74) is 3.39. The van der Waals surface area contributed by atoms with Gasteiger partial charge in [0.1, 0.15) is 11.6 Å². The summed E-state index contributed by atoms with van der Waals surface area (Å²) in [6.07, 6.45) is 4.06. The van der Waals surface area contributed by atoms with Gasteiger partial charge in [0.2, 0.25) is 5.95 Å². The van der Waals surface area contributed by atoms with Gasteiger partial charge < -0.3 is 19.9 Å². The molecule has 7 nitrogen and oxygen atoms in total. The Morgan fingerprint density at radius 1 is 1.14 bits per heavy atom. The van der Waals surface area contributed by atoms with Crippen molar-refractivity contribution in [1.82, 2.24) is 14.5 Å². The first-order valence-electron chi connectivity index (χ1n) is 11.3. The average molecular weight is 474 g/mol. The van der Waals surface area contributed by atoms with Crippen LogP contribution in [0.15, 0.2) is 77.9 Å². The Morgan fingerprint density at radius 2 is 1.91 bits per heavy atom. The van der Waals surface area contributed by atoms with Crippen molar-refractivity contribution in [2.75, 3.05) is 17.3 Å². The molecule has 8 heteroatoms. The van der Waals surface area contributed by atoms with Crippen LogP contribution in [-0.4, -0.2) is 32.7 Å². The molecule has 4 rings (SSSR count). The van der Waals surface area contributed by atoms with E-state index in [0.717, 1.165) is 16.8 Å². The van der Waals surface area contributed by atoms with Gasteiger partial charge >= 0.3 is 0 Å². The van der Waals surface area contributed by atoms with E-state index in [1.165, 1.54) is 6.07 Å². The number of nitrogens with one attached hydrogen (secondary N) is 1. The second-order valence-corrected chi connectivity index (χ2v) is 8.52. The van der Waals surface area contributed by atoms with Crippen molar-refractivity contribution in [3.8, 4) is 11.1 Å². The van der Waals surface area contributed by atoms with E-state index in [4.69, 9.17) is 0 Å². The molecule has 0 saturated carbocycles. The number of nitrogens with zero attached hydrogens (tertiary/aromatic N) is 4. The minimum absolute atomic E-state index is 0.0326. The van der Waals surface area contributed by atoms with Gasteiger partial charge in [-0.1, -0.05) is 42.5 Å². The van der Waals surface area contributed by atoms with Gasteiger partial charge in [-0.25, -0.2) is 9.37 Å². The van der Waals surface area contributed by atoms with Gasteiger partial charge in [0.15, 0.2) is 0 Å². The molecule has 180 valence electrons. The third-order valence-corrected chi connectivity index (χ3v) is 5.82. The van der Waals surface area contributed by atoms with Crippen molar-refractivity contribution in [2.45, 2.75) is 26.0 Å². The van der Waals surface area contributed by atoms with Crippen LogP contribution in [0, 0.1) is 5.82 Å². The molecule has 4 aromatic rings. The molecular formula is C27H28FN5O2. The number of aliphatic hydroxyl groups is 1. The van der Waals surface area contributed by atoms with Gasteiger partial charge in [0.25, 0.3) is 5.56 Å². The van der Waals surface area contributed by atoms with Crippen molar-refractivity contribution >= 4 is 17.5 Å². The van der Waals surface area contributed by atoms with Crippen LogP contribution in [-0.2, 0) is 20.1 Å². The Balaban J connectivity index is 1.54. The Labute approximate surface area is 203 Å². The van der Waals surface area contributed by atoms with Crippen LogP contribution in [0.3, 0.4) is 0 Å². The Hall–Kier alpha value is -4.04. The summed E-state index contributed by atoms with van der Waals surface area (Å²) in [6, 6.07) is 18.0. The number of aromatic nitrogens is 3. The lowest BCUT2D eigenvalue weighted by Crippen LogP contribution is -2.22. The Morgan fingerprint density at radius 3 is 2.66 bits per heavy atom. The summed E-state index contributed by atoms with van der Waals surface area (Å²) in [5, 5.41) is 12.6. The minimum Gasteiger partial charge on any atom is -0.392 e. The highest BCUT2D eigenvalue weighted by Crippen LogP contribution is 2.25. The molecule has 0 aliphatic carbocycles. The molecule has 0 saturated heterocycles. The maximum Gasteiger partial charge on any atom is 0.258 e. The monoisotopic (exact) mass is 473 g/mol. The molecule has 0 fully saturated rings. The maximum absolute atomic E-state index is 13.7. The number of halogens is 1. The van der Waals surface area contributed by atoms with Crippen molar-refractivity contribution in [3.05, 3.63) is 100 Å². The second kappa shape index (κ2) is 10.5. The Bertz CT molecular complexity index is 1370. The van der Waals surface area contributed by atoms with Crippen LogP contribution in [0.4, 0.5) is 21.8 Å². The highest BCUT2D eigenvalue weighted by atomic mass is 19.1. The summed E-state index contributed by atoms with van der Waals surface area (Å²) in [4.78, 5) is 23.6. The van der Waals surface area contributed by atoms with Gasteiger partial charge in [0.05, 0.1) is 12.3 Å². The first-order valence-corrected chi connectivity index (χ1v) is 11.3. The lowest BCUT2D eigenvalue weighted by Gasteiger charge is -2.21. The smallest absolute Gasteiger partial charge is 0.258 e. The zero-order chi connectivity index (χ0) is 24.9. The van der Waals surface area contributed by atoms with Gasteiger partial charge in [0, 0.05) is 43.7 Å². The first kappa shape index (κ1) is 24.1. The summed E-state index contributed by atoms with van der Waals surface area (Å²) in [7, 11) is 3.62. The molecule has 1 unspecified atom stereocenters. The molecule has 2 aromatic carbocycles. The zero-order valence-electron chi connectivity index (χ0n) is 19.9. The third-order valence-electron chi connectivity index (χ3n) is 5.82. The molecule has 2 N–H and O–H groups in total. The van der Waals surface area contributed by atoms with Crippen LogP contribution in [0.25, 0.3) is 11.1 Å². The normalized spacial score (nSPS) is 11.8. The Kier molecular flexibility index (Phi) is 7.22. The summed E-state index contributed by atoms with van der Waals surface area (Å²) in [6.45, 7) is 1.65. The van der Waals surface area contributed by atoms with E-state index in [1.54, 1.807) is 42.2 Å².